The van der Waals surface area contributed by atoms with E-state index in [1.165, 1.54) is 37.7 Å². The minimum atomic E-state index is -0.675. The first kappa shape index (κ1) is 14.9. The molecule has 122 valence electrons. The Morgan fingerprint density at radius 2 is 1.78 bits per heavy atom. The van der Waals surface area contributed by atoms with Crippen LogP contribution < -0.4 is 0 Å². The summed E-state index contributed by atoms with van der Waals surface area (Å²) in [4.78, 5) is 4.12. The van der Waals surface area contributed by atoms with Gasteiger partial charge in [0.1, 0.15) is 0 Å². The van der Waals surface area contributed by atoms with Gasteiger partial charge in [-0.1, -0.05) is 43.5 Å². The van der Waals surface area contributed by atoms with Gasteiger partial charge in [0.2, 0.25) is 5.79 Å². The Kier molecular flexibility index (Phi) is 4.19. The Balaban J connectivity index is 1.56. The third kappa shape index (κ3) is 3.06. The lowest BCUT2D eigenvalue weighted by Gasteiger charge is -2.29. The fourth-order valence-electron chi connectivity index (χ4n) is 3.87. The number of benzene rings is 1. The summed E-state index contributed by atoms with van der Waals surface area (Å²) in [6, 6.07) is 8.91. The van der Waals surface area contributed by atoms with Crippen molar-refractivity contribution in [3.05, 3.63) is 54.1 Å². The third-order valence-corrected chi connectivity index (χ3v) is 5.13. The van der Waals surface area contributed by atoms with Crippen LogP contribution in [0.25, 0.3) is 0 Å². The van der Waals surface area contributed by atoms with Crippen LogP contribution in [0, 0.1) is 0 Å². The van der Waals surface area contributed by atoms with Crippen LogP contribution in [-0.2, 0) is 21.8 Å². The SMILES string of the molecule is c1cn(CC2(c3ccc(C4CCCCC4)cc3)OCCO2)cn1. The molecule has 4 rings (SSSR count). The maximum Gasteiger partial charge on any atom is 0.213 e. The van der Waals surface area contributed by atoms with E-state index in [0.29, 0.717) is 19.8 Å². The molecule has 1 aliphatic heterocycles. The Labute approximate surface area is 137 Å². The zero-order chi connectivity index (χ0) is 15.5. The highest BCUT2D eigenvalue weighted by atomic mass is 16.7. The standard InChI is InChI=1S/C19H24N2O2/c1-2-4-16(5-3-1)17-6-8-18(9-7-17)19(22-12-13-23-19)14-21-11-10-20-15-21/h6-11,15-16H,1-5,12-14H2. The maximum atomic E-state index is 6.01. The topological polar surface area (TPSA) is 36.3 Å². The van der Waals surface area contributed by atoms with Crippen LogP contribution in [0.5, 0.6) is 0 Å². The molecule has 2 fully saturated rings. The number of rotatable bonds is 4. The van der Waals surface area contributed by atoms with Gasteiger partial charge in [0.05, 0.1) is 26.1 Å². The molecule has 4 heteroatoms. The molecule has 0 N–H and O–H groups in total. The number of nitrogens with zero attached hydrogens (tertiary/aromatic N) is 2. The second-order valence-electron chi connectivity index (χ2n) is 6.64. The molecule has 1 saturated heterocycles. The number of aromatic nitrogens is 2. The average molecular weight is 312 g/mol. The molecule has 0 atom stereocenters. The summed E-state index contributed by atoms with van der Waals surface area (Å²) >= 11 is 0. The summed E-state index contributed by atoms with van der Waals surface area (Å²) in [6.07, 6.45) is 12.3. The molecule has 0 amide bonds. The van der Waals surface area contributed by atoms with Gasteiger partial charge >= 0.3 is 0 Å². The van der Waals surface area contributed by atoms with Crippen molar-refractivity contribution in [3.63, 3.8) is 0 Å². The molecule has 2 aromatic rings. The molecule has 1 saturated carbocycles. The Morgan fingerprint density at radius 3 is 2.43 bits per heavy atom. The molecule has 0 unspecified atom stereocenters. The van der Waals surface area contributed by atoms with Gasteiger partial charge in [-0.15, -0.1) is 0 Å². The quantitative estimate of drug-likeness (QED) is 0.861. The van der Waals surface area contributed by atoms with Crippen molar-refractivity contribution in [3.8, 4) is 0 Å². The zero-order valence-electron chi connectivity index (χ0n) is 13.5. The van der Waals surface area contributed by atoms with Gasteiger partial charge in [-0.3, -0.25) is 0 Å². The average Bonchev–Trinajstić information content (AvgIpc) is 3.29. The van der Waals surface area contributed by atoms with E-state index in [4.69, 9.17) is 9.47 Å². The van der Waals surface area contributed by atoms with Gasteiger partial charge < -0.3 is 14.0 Å². The molecule has 2 heterocycles. The molecule has 23 heavy (non-hydrogen) atoms. The Hall–Kier alpha value is -1.65. The van der Waals surface area contributed by atoms with Crippen LogP contribution >= 0.6 is 0 Å². The van der Waals surface area contributed by atoms with E-state index in [1.807, 2.05) is 17.1 Å². The lowest BCUT2D eigenvalue weighted by Crippen LogP contribution is -2.32. The second-order valence-corrected chi connectivity index (χ2v) is 6.64. The molecule has 2 aliphatic rings. The van der Waals surface area contributed by atoms with Gasteiger partial charge in [-0.25, -0.2) is 4.98 Å². The van der Waals surface area contributed by atoms with Crippen LogP contribution in [0.1, 0.15) is 49.1 Å². The van der Waals surface area contributed by atoms with Gasteiger partial charge in [0, 0.05) is 18.0 Å². The number of imidazole rings is 1. The first-order chi connectivity index (χ1) is 11.4. The lowest BCUT2D eigenvalue weighted by atomic mass is 9.83. The van der Waals surface area contributed by atoms with Gasteiger partial charge in [-0.2, -0.15) is 0 Å². The maximum absolute atomic E-state index is 6.01. The van der Waals surface area contributed by atoms with Gasteiger partial charge in [-0.05, 0) is 24.3 Å². The smallest absolute Gasteiger partial charge is 0.213 e. The predicted molar refractivity (Wildman–Crippen MR) is 88.1 cm³/mol. The molecule has 0 radical (unpaired) electrons. The molecular weight excluding hydrogens is 288 g/mol. The van der Waals surface area contributed by atoms with Crippen LogP contribution in [0.15, 0.2) is 43.0 Å². The van der Waals surface area contributed by atoms with Crippen molar-refractivity contribution in [2.24, 2.45) is 0 Å². The lowest BCUT2D eigenvalue weighted by molar-refractivity contribution is -0.176. The number of hydrogen-bond acceptors (Lipinski definition) is 3. The highest BCUT2D eigenvalue weighted by Gasteiger charge is 2.39. The molecule has 4 nitrogen and oxygen atoms in total. The number of ether oxygens (including phenoxy) is 2. The summed E-state index contributed by atoms with van der Waals surface area (Å²) in [5, 5.41) is 0. The molecule has 0 spiro atoms. The fraction of sp³-hybridized carbons (Fsp3) is 0.526. The molecule has 0 bridgehead atoms. The Morgan fingerprint density at radius 1 is 1.04 bits per heavy atom. The minimum absolute atomic E-state index is 0.635. The van der Waals surface area contributed by atoms with Gasteiger partial charge in [0.15, 0.2) is 0 Å². The summed E-state index contributed by atoms with van der Waals surface area (Å²) in [6.45, 7) is 1.91. The molecule has 1 aliphatic carbocycles. The van der Waals surface area contributed by atoms with E-state index in [9.17, 15) is 0 Å². The predicted octanol–water partition coefficient (Wildman–Crippen LogP) is 3.83. The van der Waals surface area contributed by atoms with Crippen molar-refractivity contribution in [2.75, 3.05) is 13.2 Å². The van der Waals surface area contributed by atoms with E-state index in [-0.39, 0.29) is 0 Å². The van der Waals surface area contributed by atoms with E-state index in [2.05, 4.69) is 29.2 Å². The van der Waals surface area contributed by atoms with Crippen molar-refractivity contribution in [2.45, 2.75) is 50.4 Å². The first-order valence-electron chi connectivity index (χ1n) is 8.70. The second kappa shape index (κ2) is 6.46. The summed E-state index contributed by atoms with van der Waals surface area (Å²) < 4.78 is 14.0. The largest absolute Gasteiger partial charge is 0.342 e. The fourth-order valence-corrected chi connectivity index (χ4v) is 3.87. The van der Waals surface area contributed by atoms with E-state index >= 15 is 0 Å². The van der Waals surface area contributed by atoms with Crippen molar-refractivity contribution < 1.29 is 9.47 Å². The normalized spacial score (nSPS) is 21.6. The molecule has 1 aromatic carbocycles. The Bertz CT molecular complexity index is 609. The van der Waals surface area contributed by atoms with Gasteiger partial charge in [0.25, 0.3) is 0 Å². The third-order valence-electron chi connectivity index (χ3n) is 5.13. The zero-order valence-corrected chi connectivity index (χ0v) is 13.5. The van der Waals surface area contributed by atoms with Crippen molar-refractivity contribution in [1.29, 1.82) is 0 Å². The van der Waals surface area contributed by atoms with Crippen molar-refractivity contribution in [1.82, 2.24) is 9.55 Å². The highest BCUT2D eigenvalue weighted by Crippen LogP contribution is 2.36. The van der Waals surface area contributed by atoms with E-state index < -0.39 is 5.79 Å². The van der Waals surface area contributed by atoms with E-state index in [0.717, 1.165) is 11.5 Å². The van der Waals surface area contributed by atoms with Crippen LogP contribution in [0.2, 0.25) is 0 Å². The van der Waals surface area contributed by atoms with Crippen LogP contribution in [0.3, 0.4) is 0 Å². The summed E-state index contributed by atoms with van der Waals surface area (Å²) in [5.74, 6) is 0.0547. The summed E-state index contributed by atoms with van der Waals surface area (Å²) in [5.41, 5.74) is 2.56. The first-order valence-corrected chi connectivity index (χ1v) is 8.70. The monoisotopic (exact) mass is 312 g/mol. The summed E-state index contributed by atoms with van der Waals surface area (Å²) in [7, 11) is 0. The highest BCUT2D eigenvalue weighted by molar-refractivity contribution is 5.29. The molecular formula is C19H24N2O2. The van der Waals surface area contributed by atoms with Crippen LogP contribution in [-0.4, -0.2) is 22.8 Å². The minimum Gasteiger partial charge on any atom is -0.342 e. The number of hydrogen-bond donors (Lipinski definition) is 0. The van der Waals surface area contributed by atoms with Crippen molar-refractivity contribution >= 4 is 0 Å². The van der Waals surface area contributed by atoms with E-state index in [1.54, 1.807) is 6.20 Å². The molecule has 1 aromatic heterocycles. The van der Waals surface area contributed by atoms with Crippen LogP contribution in [0.4, 0.5) is 0 Å².